The molecule has 5 nitrogen and oxygen atoms in total. The predicted octanol–water partition coefficient (Wildman–Crippen LogP) is 2.26. The van der Waals surface area contributed by atoms with Crippen LogP contribution in [0, 0.1) is 5.92 Å². The highest BCUT2D eigenvalue weighted by molar-refractivity contribution is 7.98. The van der Waals surface area contributed by atoms with Gasteiger partial charge in [0.1, 0.15) is 11.6 Å². The van der Waals surface area contributed by atoms with Crippen LogP contribution in [0.5, 0.6) is 0 Å². The van der Waals surface area contributed by atoms with Crippen LogP contribution in [0.3, 0.4) is 0 Å². The number of thioether (sulfide) groups is 1. The third kappa shape index (κ3) is 6.07. The Hall–Kier alpha value is -1.01. The maximum atomic E-state index is 5.69. The van der Waals surface area contributed by atoms with Crippen molar-refractivity contribution in [2.45, 2.75) is 25.4 Å². The molecular weight excluding hydrogens is 248 g/mol. The lowest BCUT2D eigenvalue weighted by Gasteiger charge is -2.09. The van der Waals surface area contributed by atoms with Gasteiger partial charge in [0, 0.05) is 25.8 Å². The Morgan fingerprint density at radius 2 is 2.22 bits per heavy atom. The molecule has 0 aliphatic heterocycles. The molecule has 0 aliphatic carbocycles. The van der Waals surface area contributed by atoms with E-state index in [1.807, 2.05) is 6.26 Å². The summed E-state index contributed by atoms with van der Waals surface area (Å²) in [5.74, 6) is 1.85. The Bertz CT molecular complexity index is 360. The van der Waals surface area contributed by atoms with Crippen LogP contribution in [0.2, 0.25) is 0 Å². The zero-order valence-electron chi connectivity index (χ0n) is 11.3. The fourth-order valence-corrected chi connectivity index (χ4v) is 1.72. The van der Waals surface area contributed by atoms with Crippen LogP contribution in [-0.2, 0) is 4.74 Å². The highest BCUT2D eigenvalue weighted by atomic mass is 32.2. The number of hydrogen-bond acceptors (Lipinski definition) is 6. The second-order valence-corrected chi connectivity index (χ2v) is 5.19. The summed E-state index contributed by atoms with van der Waals surface area (Å²) in [7, 11) is 0. The molecule has 6 heteroatoms. The Balaban J connectivity index is 2.24. The molecule has 1 aromatic rings. The molecular formula is C12H22N4OS. The fraction of sp³-hybridized carbons (Fsp3) is 0.667. The average Bonchev–Trinajstić information content (AvgIpc) is 2.32. The summed E-state index contributed by atoms with van der Waals surface area (Å²) in [5.41, 5.74) is 5.69. The summed E-state index contributed by atoms with van der Waals surface area (Å²) in [5, 5.41) is 3.91. The molecule has 0 unspecified atom stereocenters. The molecule has 0 saturated heterocycles. The van der Waals surface area contributed by atoms with Gasteiger partial charge in [-0.2, -0.15) is 0 Å². The van der Waals surface area contributed by atoms with Gasteiger partial charge in [-0.15, -0.1) is 0 Å². The van der Waals surface area contributed by atoms with Gasteiger partial charge in [-0.25, -0.2) is 9.97 Å². The monoisotopic (exact) mass is 270 g/mol. The lowest BCUT2D eigenvalue weighted by Crippen LogP contribution is -2.10. The van der Waals surface area contributed by atoms with Crippen molar-refractivity contribution in [1.29, 1.82) is 0 Å². The molecule has 1 rings (SSSR count). The predicted molar refractivity (Wildman–Crippen MR) is 77.0 cm³/mol. The number of aromatic nitrogens is 2. The molecule has 0 atom stereocenters. The zero-order valence-corrected chi connectivity index (χ0v) is 12.1. The van der Waals surface area contributed by atoms with Crippen molar-refractivity contribution in [1.82, 2.24) is 9.97 Å². The number of hydrogen-bond donors (Lipinski definition) is 2. The molecule has 0 aromatic carbocycles. The third-order valence-corrected chi connectivity index (χ3v) is 2.68. The van der Waals surface area contributed by atoms with E-state index in [9.17, 15) is 0 Å². The molecule has 3 N–H and O–H groups in total. The highest BCUT2D eigenvalue weighted by Crippen LogP contribution is 2.14. The summed E-state index contributed by atoms with van der Waals surface area (Å²) in [6.07, 6.45) is 2.88. The maximum Gasteiger partial charge on any atom is 0.191 e. The fourth-order valence-electron chi connectivity index (χ4n) is 1.33. The Kier molecular flexibility index (Phi) is 6.82. The van der Waals surface area contributed by atoms with Crippen LogP contribution in [0.15, 0.2) is 11.2 Å². The molecule has 0 radical (unpaired) electrons. The number of nitrogens with two attached hydrogens (primary N) is 1. The maximum absolute atomic E-state index is 5.69. The standard InChI is InChI=1S/C12H22N4OS/c1-9(2)8-17-6-4-5-14-11-7-10(13)15-12(16-11)18-3/h7,9H,4-6,8H2,1-3H3,(H3,13,14,15,16). The molecule has 0 bridgehead atoms. The lowest BCUT2D eigenvalue weighted by atomic mass is 10.2. The minimum Gasteiger partial charge on any atom is -0.383 e. The summed E-state index contributed by atoms with van der Waals surface area (Å²) >= 11 is 1.48. The molecule has 18 heavy (non-hydrogen) atoms. The van der Waals surface area contributed by atoms with Crippen molar-refractivity contribution in [3.63, 3.8) is 0 Å². The number of rotatable bonds is 8. The summed E-state index contributed by atoms with van der Waals surface area (Å²) in [6, 6.07) is 1.74. The van der Waals surface area contributed by atoms with Crippen molar-refractivity contribution >= 4 is 23.4 Å². The van der Waals surface area contributed by atoms with Crippen LogP contribution >= 0.6 is 11.8 Å². The van der Waals surface area contributed by atoms with Crippen LogP contribution in [0.25, 0.3) is 0 Å². The number of anilines is 2. The van der Waals surface area contributed by atoms with Crippen molar-refractivity contribution < 1.29 is 4.74 Å². The molecule has 0 amide bonds. The Morgan fingerprint density at radius 1 is 1.44 bits per heavy atom. The number of nitrogens with one attached hydrogen (secondary N) is 1. The summed E-state index contributed by atoms with van der Waals surface area (Å²) in [4.78, 5) is 8.41. The molecule has 0 spiro atoms. The molecule has 0 fully saturated rings. The van der Waals surface area contributed by atoms with Gasteiger partial charge in [-0.3, -0.25) is 0 Å². The van der Waals surface area contributed by atoms with Crippen molar-refractivity contribution in [2.24, 2.45) is 5.92 Å². The molecule has 102 valence electrons. The van der Waals surface area contributed by atoms with Crippen LogP contribution in [0.4, 0.5) is 11.6 Å². The van der Waals surface area contributed by atoms with E-state index in [1.165, 1.54) is 11.8 Å². The van der Waals surface area contributed by atoms with E-state index >= 15 is 0 Å². The van der Waals surface area contributed by atoms with E-state index in [2.05, 4.69) is 29.1 Å². The van der Waals surface area contributed by atoms with Crippen LogP contribution in [0.1, 0.15) is 20.3 Å². The zero-order chi connectivity index (χ0) is 13.4. The first kappa shape index (κ1) is 15.0. The first-order chi connectivity index (χ1) is 8.61. The van der Waals surface area contributed by atoms with Gasteiger partial charge in [0.15, 0.2) is 5.16 Å². The number of nitrogens with zero attached hydrogens (tertiary/aromatic N) is 2. The molecule has 1 aromatic heterocycles. The van der Waals surface area contributed by atoms with Gasteiger partial charge in [0.2, 0.25) is 0 Å². The number of nitrogen functional groups attached to an aromatic ring is 1. The minimum absolute atomic E-state index is 0.493. The normalized spacial score (nSPS) is 10.9. The Morgan fingerprint density at radius 3 is 2.89 bits per heavy atom. The van der Waals surface area contributed by atoms with Crippen LogP contribution in [-0.4, -0.2) is 36.0 Å². The van der Waals surface area contributed by atoms with E-state index in [1.54, 1.807) is 6.07 Å². The third-order valence-electron chi connectivity index (χ3n) is 2.13. The minimum atomic E-state index is 0.493. The molecule has 1 heterocycles. The van der Waals surface area contributed by atoms with E-state index in [0.717, 1.165) is 32.0 Å². The molecule has 0 saturated carbocycles. The van der Waals surface area contributed by atoms with E-state index in [-0.39, 0.29) is 0 Å². The average molecular weight is 270 g/mol. The quantitative estimate of drug-likeness (QED) is 0.429. The van der Waals surface area contributed by atoms with Gasteiger partial charge < -0.3 is 15.8 Å². The summed E-state index contributed by atoms with van der Waals surface area (Å²) in [6.45, 7) is 6.69. The van der Waals surface area contributed by atoms with Gasteiger partial charge in [0.25, 0.3) is 0 Å². The van der Waals surface area contributed by atoms with Gasteiger partial charge in [-0.1, -0.05) is 25.6 Å². The van der Waals surface area contributed by atoms with Gasteiger partial charge in [0.05, 0.1) is 0 Å². The smallest absolute Gasteiger partial charge is 0.191 e. The second kappa shape index (κ2) is 8.16. The van der Waals surface area contributed by atoms with E-state index < -0.39 is 0 Å². The second-order valence-electron chi connectivity index (χ2n) is 4.41. The van der Waals surface area contributed by atoms with Crippen molar-refractivity contribution in [3.05, 3.63) is 6.07 Å². The summed E-state index contributed by atoms with van der Waals surface area (Å²) < 4.78 is 5.50. The van der Waals surface area contributed by atoms with Crippen molar-refractivity contribution in [3.8, 4) is 0 Å². The lowest BCUT2D eigenvalue weighted by molar-refractivity contribution is 0.110. The Labute approximate surface area is 113 Å². The van der Waals surface area contributed by atoms with Crippen LogP contribution < -0.4 is 11.1 Å². The number of ether oxygens (including phenoxy) is 1. The van der Waals surface area contributed by atoms with Gasteiger partial charge >= 0.3 is 0 Å². The van der Waals surface area contributed by atoms with Crippen molar-refractivity contribution in [2.75, 3.05) is 37.1 Å². The van der Waals surface area contributed by atoms with Gasteiger partial charge in [-0.05, 0) is 18.6 Å². The first-order valence-corrected chi connectivity index (χ1v) is 7.34. The largest absolute Gasteiger partial charge is 0.383 e. The van der Waals surface area contributed by atoms with E-state index in [4.69, 9.17) is 10.5 Å². The topological polar surface area (TPSA) is 73.1 Å². The molecule has 0 aliphatic rings. The SMILES string of the molecule is CSc1nc(N)cc(NCCCOCC(C)C)n1. The first-order valence-electron chi connectivity index (χ1n) is 6.12. The highest BCUT2D eigenvalue weighted by Gasteiger charge is 2.01. The van der Waals surface area contributed by atoms with E-state index in [0.29, 0.717) is 16.9 Å².